The molecule has 0 saturated heterocycles. The van der Waals surface area contributed by atoms with Crippen LogP contribution < -0.4 is 10.1 Å². The largest absolute Gasteiger partial charge is 0.493 e. The number of benzene rings is 2. The van der Waals surface area contributed by atoms with E-state index in [9.17, 15) is 9.18 Å². The first-order chi connectivity index (χ1) is 12.7. The number of rotatable bonds is 8. The summed E-state index contributed by atoms with van der Waals surface area (Å²) in [5.41, 5.74) is 1.81. The lowest BCUT2D eigenvalue weighted by Gasteiger charge is -2.06. The van der Waals surface area contributed by atoms with Gasteiger partial charge in [-0.2, -0.15) is 0 Å². The number of halogens is 1. The number of hydrogen-bond acceptors (Lipinski definition) is 4. The predicted molar refractivity (Wildman–Crippen MR) is 101 cm³/mol. The Bertz CT molecular complexity index is 835. The van der Waals surface area contributed by atoms with Crippen molar-refractivity contribution in [3.05, 3.63) is 71.5 Å². The van der Waals surface area contributed by atoms with Gasteiger partial charge in [-0.15, -0.1) is 11.3 Å². The van der Waals surface area contributed by atoms with Crippen molar-refractivity contribution in [1.29, 1.82) is 0 Å². The maximum Gasteiger partial charge on any atom is 0.223 e. The highest BCUT2D eigenvalue weighted by Gasteiger charge is 2.06. The Labute approximate surface area is 155 Å². The Kier molecular flexibility index (Phi) is 6.33. The molecule has 2 aromatic carbocycles. The molecule has 1 heterocycles. The number of carbonyl (C=O) groups is 1. The molecule has 134 valence electrons. The number of thiazole rings is 1. The van der Waals surface area contributed by atoms with Crippen molar-refractivity contribution in [2.24, 2.45) is 0 Å². The van der Waals surface area contributed by atoms with E-state index in [2.05, 4.69) is 10.3 Å². The Hall–Kier alpha value is -2.73. The van der Waals surface area contributed by atoms with Crippen LogP contribution in [0.15, 0.2) is 60.0 Å². The van der Waals surface area contributed by atoms with E-state index in [1.165, 1.54) is 23.5 Å². The van der Waals surface area contributed by atoms with Crippen LogP contribution in [-0.2, 0) is 11.2 Å². The monoisotopic (exact) mass is 370 g/mol. The fourth-order valence-corrected chi connectivity index (χ4v) is 3.20. The molecule has 0 atom stereocenters. The summed E-state index contributed by atoms with van der Waals surface area (Å²) >= 11 is 1.51. The van der Waals surface area contributed by atoms with Gasteiger partial charge in [0.25, 0.3) is 0 Å². The van der Waals surface area contributed by atoms with Gasteiger partial charge in [-0.1, -0.05) is 18.2 Å². The van der Waals surface area contributed by atoms with Crippen LogP contribution in [0.3, 0.4) is 0 Å². The summed E-state index contributed by atoms with van der Waals surface area (Å²) in [6.45, 7) is 0.873. The predicted octanol–water partition coefficient (Wildman–Crippen LogP) is 4.08. The van der Waals surface area contributed by atoms with Gasteiger partial charge in [0.2, 0.25) is 5.91 Å². The Morgan fingerprint density at radius 2 is 1.88 bits per heavy atom. The Balaban J connectivity index is 1.38. The van der Waals surface area contributed by atoms with Crippen LogP contribution >= 0.6 is 11.3 Å². The molecule has 0 spiro atoms. The first kappa shape index (κ1) is 18.1. The van der Waals surface area contributed by atoms with E-state index in [1.54, 1.807) is 12.1 Å². The van der Waals surface area contributed by atoms with Gasteiger partial charge in [-0.3, -0.25) is 4.79 Å². The lowest BCUT2D eigenvalue weighted by atomic mass is 10.2. The van der Waals surface area contributed by atoms with Crippen molar-refractivity contribution in [1.82, 2.24) is 10.3 Å². The number of carbonyl (C=O) groups excluding carboxylic acids is 1. The average Bonchev–Trinajstić information content (AvgIpc) is 3.12. The molecule has 0 unspecified atom stereocenters. The Morgan fingerprint density at radius 3 is 2.65 bits per heavy atom. The zero-order valence-corrected chi connectivity index (χ0v) is 15.0. The molecule has 1 N–H and O–H groups in total. The second-order valence-electron chi connectivity index (χ2n) is 5.66. The lowest BCUT2D eigenvalue weighted by Crippen LogP contribution is -2.27. The molecule has 4 nitrogen and oxygen atoms in total. The minimum atomic E-state index is -0.260. The molecule has 3 aromatic rings. The molecule has 0 aliphatic heterocycles. The third-order valence-electron chi connectivity index (χ3n) is 3.69. The summed E-state index contributed by atoms with van der Waals surface area (Å²) in [6.07, 6.45) is 0.968. The van der Waals surface area contributed by atoms with Crippen molar-refractivity contribution < 1.29 is 13.9 Å². The number of amides is 1. The number of nitrogens with one attached hydrogen (secondary N) is 1. The fraction of sp³-hybridized carbons (Fsp3) is 0.200. The van der Waals surface area contributed by atoms with Gasteiger partial charge in [0.15, 0.2) is 0 Å². The van der Waals surface area contributed by atoms with Gasteiger partial charge in [-0.25, -0.2) is 9.37 Å². The van der Waals surface area contributed by atoms with Crippen LogP contribution in [0.5, 0.6) is 5.75 Å². The molecular weight excluding hydrogens is 351 g/mol. The van der Waals surface area contributed by atoms with Crippen LogP contribution in [-0.4, -0.2) is 24.0 Å². The van der Waals surface area contributed by atoms with Gasteiger partial charge in [-0.05, 0) is 36.4 Å². The fourth-order valence-electron chi connectivity index (χ4n) is 2.34. The van der Waals surface area contributed by atoms with Crippen molar-refractivity contribution in [2.75, 3.05) is 13.2 Å². The van der Waals surface area contributed by atoms with Gasteiger partial charge in [0, 0.05) is 23.9 Å². The molecule has 3 rings (SSSR count). The van der Waals surface area contributed by atoms with E-state index in [1.807, 2.05) is 35.7 Å². The van der Waals surface area contributed by atoms with E-state index in [0.717, 1.165) is 22.0 Å². The summed E-state index contributed by atoms with van der Waals surface area (Å²) < 4.78 is 18.5. The first-order valence-electron chi connectivity index (χ1n) is 8.35. The average molecular weight is 370 g/mol. The van der Waals surface area contributed by atoms with Crippen LogP contribution in [0.4, 0.5) is 4.39 Å². The maximum atomic E-state index is 13.0. The maximum absolute atomic E-state index is 13.0. The number of nitrogens with zero attached hydrogens (tertiary/aromatic N) is 1. The molecule has 1 amide bonds. The highest BCUT2D eigenvalue weighted by molar-refractivity contribution is 7.13. The zero-order valence-electron chi connectivity index (χ0n) is 14.2. The summed E-state index contributed by atoms with van der Waals surface area (Å²) in [7, 11) is 0. The normalized spacial score (nSPS) is 10.5. The molecular formula is C20H19FN2O2S. The summed E-state index contributed by atoms with van der Waals surface area (Å²) in [4.78, 5) is 16.4. The van der Waals surface area contributed by atoms with Crippen molar-refractivity contribution >= 4 is 17.2 Å². The number of para-hydroxylation sites is 1. The Morgan fingerprint density at radius 1 is 1.12 bits per heavy atom. The summed E-state index contributed by atoms with van der Waals surface area (Å²) in [5, 5.41) is 5.68. The third-order valence-corrected chi connectivity index (χ3v) is 4.63. The van der Waals surface area contributed by atoms with Crippen molar-refractivity contribution in [2.45, 2.75) is 12.8 Å². The topological polar surface area (TPSA) is 51.2 Å². The quantitative estimate of drug-likeness (QED) is 0.650. The van der Waals surface area contributed by atoms with Gasteiger partial charge < -0.3 is 10.1 Å². The second-order valence-corrected chi connectivity index (χ2v) is 6.52. The molecule has 0 radical (unpaired) electrons. The standard InChI is InChI=1S/C20H19FN2O2S/c21-16-8-6-15(7-9-16)20-23-17(14-26-20)10-12-22-19(24)11-13-25-18-4-2-1-3-5-18/h1-9,14H,10-13H2,(H,22,24). The van der Waals surface area contributed by atoms with Crippen LogP contribution in [0.25, 0.3) is 10.6 Å². The van der Waals surface area contributed by atoms with Gasteiger partial charge in [0.05, 0.1) is 18.7 Å². The number of aromatic nitrogens is 1. The van der Waals surface area contributed by atoms with E-state index in [4.69, 9.17) is 4.74 Å². The minimum absolute atomic E-state index is 0.0464. The molecule has 1 aromatic heterocycles. The lowest BCUT2D eigenvalue weighted by molar-refractivity contribution is -0.121. The zero-order chi connectivity index (χ0) is 18.2. The van der Waals surface area contributed by atoms with Crippen molar-refractivity contribution in [3.63, 3.8) is 0 Å². The number of hydrogen-bond donors (Lipinski definition) is 1. The summed E-state index contributed by atoms with van der Waals surface area (Å²) in [5.74, 6) is 0.454. The molecule has 6 heteroatoms. The van der Waals surface area contributed by atoms with Gasteiger partial charge >= 0.3 is 0 Å². The van der Waals surface area contributed by atoms with E-state index < -0.39 is 0 Å². The first-order valence-corrected chi connectivity index (χ1v) is 9.23. The van der Waals surface area contributed by atoms with Crippen LogP contribution in [0.2, 0.25) is 0 Å². The second kappa shape index (κ2) is 9.10. The molecule has 0 fully saturated rings. The van der Waals surface area contributed by atoms with Crippen LogP contribution in [0.1, 0.15) is 12.1 Å². The highest BCUT2D eigenvalue weighted by atomic mass is 32.1. The van der Waals surface area contributed by atoms with Gasteiger partial charge in [0.1, 0.15) is 16.6 Å². The highest BCUT2D eigenvalue weighted by Crippen LogP contribution is 2.23. The van der Waals surface area contributed by atoms with E-state index >= 15 is 0 Å². The molecule has 0 bridgehead atoms. The molecule has 26 heavy (non-hydrogen) atoms. The SMILES string of the molecule is O=C(CCOc1ccccc1)NCCc1csc(-c2ccc(F)cc2)n1. The molecule has 0 saturated carbocycles. The third kappa shape index (κ3) is 5.39. The number of ether oxygens (including phenoxy) is 1. The molecule has 0 aliphatic carbocycles. The van der Waals surface area contributed by atoms with Crippen LogP contribution in [0, 0.1) is 5.82 Å². The molecule has 0 aliphatic rings. The summed E-state index contributed by atoms with van der Waals surface area (Å²) in [6, 6.07) is 15.7. The minimum Gasteiger partial charge on any atom is -0.493 e. The van der Waals surface area contributed by atoms with E-state index in [-0.39, 0.29) is 11.7 Å². The van der Waals surface area contributed by atoms with Crippen molar-refractivity contribution in [3.8, 4) is 16.3 Å². The van der Waals surface area contributed by atoms with E-state index in [0.29, 0.717) is 26.0 Å². The smallest absolute Gasteiger partial charge is 0.223 e.